The van der Waals surface area contributed by atoms with Crippen LogP contribution < -0.4 is 4.90 Å². The number of rotatable bonds is 4. The van der Waals surface area contributed by atoms with E-state index in [1.54, 1.807) is 22.0 Å². The molecule has 1 aliphatic heterocycles. The predicted molar refractivity (Wildman–Crippen MR) is 86.9 cm³/mol. The van der Waals surface area contributed by atoms with Gasteiger partial charge in [-0.1, -0.05) is 18.2 Å². The number of aryl methyl sites for hydroxylation is 1. The van der Waals surface area contributed by atoms with Gasteiger partial charge < -0.3 is 9.80 Å². The SMILES string of the molecule is CN(Cc1ccccc1N1CCCC1)C(=O)c1cnn(C)c1. The second-order valence-corrected chi connectivity index (χ2v) is 5.89. The Morgan fingerprint density at radius 1 is 1.27 bits per heavy atom. The zero-order valence-corrected chi connectivity index (χ0v) is 13.2. The quantitative estimate of drug-likeness (QED) is 0.869. The summed E-state index contributed by atoms with van der Waals surface area (Å²) in [4.78, 5) is 16.6. The summed E-state index contributed by atoms with van der Waals surface area (Å²) in [6, 6.07) is 8.38. The van der Waals surface area contributed by atoms with E-state index in [9.17, 15) is 4.79 Å². The maximum absolute atomic E-state index is 12.5. The molecule has 0 unspecified atom stereocenters. The van der Waals surface area contributed by atoms with E-state index < -0.39 is 0 Å². The molecular formula is C17H22N4O. The molecule has 0 atom stereocenters. The van der Waals surface area contributed by atoms with Gasteiger partial charge in [0.25, 0.3) is 5.91 Å². The van der Waals surface area contributed by atoms with Crippen LogP contribution in [-0.4, -0.2) is 40.7 Å². The predicted octanol–water partition coefficient (Wildman–Crippen LogP) is 2.29. The maximum Gasteiger partial charge on any atom is 0.257 e. The third kappa shape index (κ3) is 2.98. The van der Waals surface area contributed by atoms with Crippen LogP contribution in [0.5, 0.6) is 0 Å². The highest BCUT2D eigenvalue weighted by molar-refractivity contribution is 5.93. The number of carbonyl (C=O) groups is 1. The summed E-state index contributed by atoms with van der Waals surface area (Å²) in [5, 5.41) is 4.07. The Hall–Kier alpha value is -2.30. The fraction of sp³-hybridized carbons (Fsp3) is 0.412. The van der Waals surface area contributed by atoms with Crippen molar-refractivity contribution in [3.05, 3.63) is 47.8 Å². The van der Waals surface area contributed by atoms with Gasteiger partial charge in [0.1, 0.15) is 0 Å². The normalized spacial score (nSPS) is 14.4. The van der Waals surface area contributed by atoms with E-state index in [1.807, 2.05) is 20.2 Å². The first kappa shape index (κ1) is 14.6. The molecule has 1 fully saturated rings. The van der Waals surface area contributed by atoms with Gasteiger partial charge in [-0.3, -0.25) is 9.48 Å². The van der Waals surface area contributed by atoms with Gasteiger partial charge in [-0.25, -0.2) is 0 Å². The zero-order valence-electron chi connectivity index (χ0n) is 13.2. The van der Waals surface area contributed by atoms with Crippen molar-refractivity contribution in [1.82, 2.24) is 14.7 Å². The third-order valence-corrected chi connectivity index (χ3v) is 4.14. The number of hydrogen-bond acceptors (Lipinski definition) is 3. The Kier molecular flexibility index (Phi) is 4.13. The van der Waals surface area contributed by atoms with Gasteiger partial charge in [0, 0.05) is 45.6 Å². The molecule has 1 aliphatic rings. The molecule has 1 saturated heterocycles. The number of anilines is 1. The molecule has 3 rings (SSSR count). The lowest BCUT2D eigenvalue weighted by Crippen LogP contribution is -2.27. The van der Waals surface area contributed by atoms with E-state index in [-0.39, 0.29) is 5.91 Å². The maximum atomic E-state index is 12.5. The van der Waals surface area contributed by atoms with Gasteiger partial charge in [-0.05, 0) is 24.5 Å². The third-order valence-electron chi connectivity index (χ3n) is 4.14. The molecule has 1 aromatic heterocycles. The molecule has 0 radical (unpaired) electrons. The molecule has 5 nitrogen and oxygen atoms in total. The summed E-state index contributed by atoms with van der Waals surface area (Å²) in [6.45, 7) is 2.83. The lowest BCUT2D eigenvalue weighted by Gasteiger charge is -2.24. The molecule has 5 heteroatoms. The molecule has 2 heterocycles. The van der Waals surface area contributed by atoms with E-state index in [4.69, 9.17) is 0 Å². The average Bonchev–Trinajstić information content (AvgIpc) is 3.18. The highest BCUT2D eigenvalue weighted by Gasteiger charge is 2.18. The molecule has 1 amide bonds. The number of carbonyl (C=O) groups excluding carboxylic acids is 1. The smallest absolute Gasteiger partial charge is 0.257 e. The Labute approximate surface area is 131 Å². The topological polar surface area (TPSA) is 41.4 Å². The molecule has 1 aromatic carbocycles. The van der Waals surface area contributed by atoms with Gasteiger partial charge in [0.05, 0.1) is 11.8 Å². The fourth-order valence-electron chi connectivity index (χ4n) is 2.99. The molecule has 0 saturated carbocycles. The summed E-state index contributed by atoms with van der Waals surface area (Å²) < 4.78 is 1.65. The van der Waals surface area contributed by atoms with Crippen molar-refractivity contribution in [2.45, 2.75) is 19.4 Å². The van der Waals surface area contributed by atoms with Gasteiger partial charge in [-0.2, -0.15) is 5.10 Å². The first-order valence-corrected chi connectivity index (χ1v) is 7.72. The summed E-state index contributed by atoms with van der Waals surface area (Å²) in [6.07, 6.45) is 5.87. The lowest BCUT2D eigenvalue weighted by molar-refractivity contribution is 0.0785. The first-order chi connectivity index (χ1) is 10.6. The Balaban J connectivity index is 1.76. The molecule has 2 aromatic rings. The standard InChI is InChI=1S/C17H22N4O/c1-19(17(22)15-11-18-20(2)13-15)12-14-7-3-4-8-16(14)21-9-5-6-10-21/h3-4,7-8,11,13H,5-6,9-10,12H2,1-2H3. The van der Waals surface area contributed by atoms with Crippen molar-refractivity contribution in [2.75, 3.05) is 25.0 Å². The van der Waals surface area contributed by atoms with E-state index in [1.165, 1.54) is 24.1 Å². The van der Waals surface area contributed by atoms with E-state index in [0.29, 0.717) is 12.1 Å². The van der Waals surface area contributed by atoms with Crippen molar-refractivity contribution in [1.29, 1.82) is 0 Å². The lowest BCUT2D eigenvalue weighted by atomic mass is 10.1. The molecular weight excluding hydrogens is 276 g/mol. The van der Waals surface area contributed by atoms with Crippen LogP contribution in [-0.2, 0) is 13.6 Å². The van der Waals surface area contributed by atoms with Crippen LogP contribution >= 0.6 is 0 Å². The Morgan fingerprint density at radius 3 is 2.68 bits per heavy atom. The van der Waals surface area contributed by atoms with Gasteiger partial charge >= 0.3 is 0 Å². The van der Waals surface area contributed by atoms with Crippen LogP contribution in [0.2, 0.25) is 0 Å². The molecule has 116 valence electrons. The van der Waals surface area contributed by atoms with E-state index in [2.05, 4.69) is 28.2 Å². The molecule has 22 heavy (non-hydrogen) atoms. The van der Waals surface area contributed by atoms with Crippen LogP contribution in [0.15, 0.2) is 36.7 Å². The van der Waals surface area contributed by atoms with Crippen LogP contribution in [0.25, 0.3) is 0 Å². The van der Waals surface area contributed by atoms with Gasteiger partial charge in [0.15, 0.2) is 0 Å². The van der Waals surface area contributed by atoms with Crippen molar-refractivity contribution >= 4 is 11.6 Å². The van der Waals surface area contributed by atoms with Crippen LogP contribution in [0, 0.1) is 0 Å². The van der Waals surface area contributed by atoms with Crippen molar-refractivity contribution in [2.24, 2.45) is 7.05 Å². The average molecular weight is 298 g/mol. The number of amides is 1. The summed E-state index contributed by atoms with van der Waals surface area (Å²) >= 11 is 0. The number of benzene rings is 1. The number of hydrogen-bond donors (Lipinski definition) is 0. The summed E-state index contributed by atoms with van der Waals surface area (Å²) in [7, 11) is 3.66. The van der Waals surface area contributed by atoms with E-state index in [0.717, 1.165) is 13.1 Å². The Bertz CT molecular complexity index is 658. The largest absolute Gasteiger partial charge is 0.371 e. The molecule has 0 N–H and O–H groups in total. The number of para-hydroxylation sites is 1. The molecule has 0 bridgehead atoms. The van der Waals surface area contributed by atoms with Crippen molar-refractivity contribution < 1.29 is 4.79 Å². The van der Waals surface area contributed by atoms with Gasteiger partial charge in [0.2, 0.25) is 0 Å². The van der Waals surface area contributed by atoms with Crippen LogP contribution in [0.1, 0.15) is 28.8 Å². The fourth-order valence-corrected chi connectivity index (χ4v) is 2.99. The first-order valence-electron chi connectivity index (χ1n) is 7.72. The second kappa shape index (κ2) is 6.22. The minimum atomic E-state index is 0.00400. The van der Waals surface area contributed by atoms with Gasteiger partial charge in [-0.15, -0.1) is 0 Å². The minimum absolute atomic E-state index is 0.00400. The zero-order chi connectivity index (χ0) is 15.5. The number of aromatic nitrogens is 2. The highest BCUT2D eigenvalue weighted by Crippen LogP contribution is 2.25. The monoisotopic (exact) mass is 298 g/mol. The summed E-state index contributed by atoms with van der Waals surface area (Å²) in [5.41, 5.74) is 3.08. The van der Waals surface area contributed by atoms with Crippen LogP contribution in [0.4, 0.5) is 5.69 Å². The Morgan fingerprint density at radius 2 is 2.00 bits per heavy atom. The molecule has 0 spiro atoms. The van der Waals surface area contributed by atoms with Crippen LogP contribution in [0.3, 0.4) is 0 Å². The summed E-state index contributed by atoms with van der Waals surface area (Å²) in [5.74, 6) is 0.00400. The number of nitrogens with zero attached hydrogens (tertiary/aromatic N) is 4. The molecule has 0 aliphatic carbocycles. The van der Waals surface area contributed by atoms with Crippen molar-refractivity contribution in [3.63, 3.8) is 0 Å². The van der Waals surface area contributed by atoms with E-state index >= 15 is 0 Å². The second-order valence-electron chi connectivity index (χ2n) is 5.89. The van der Waals surface area contributed by atoms with Crippen molar-refractivity contribution in [3.8, 4) is 0 Å². The minimum Gasteiger partial charge on any atom is -0.371 e. The highest BCUT2D eigenvalue weighted by atomic mass is 16.2.